The summed E-state index contributed by atoms with van der Waals surface area (Å²) in [6.45, 7) is 8.44. The fourth-order valence-electron chi connectivity index (χ4n) is 2.68. The van der Waals surface area contributed by atoms with Crippen LogP contribution in [0.15, 0.2) is 12.1 Å². The average molecular weight is 263 g/mol. The van der Waals surface area contributed by atoms with Crippen LogP contribution in [0, 0.1) is 5.92 Å². The first-order chi connectivity index (χ1) is 8.88. The first-order valence-corrected chi connectivity index (χ1v) is 7.14. The highest BCUT2D eigenvalue weighted by atomic mass is 16.3. The molecule has 1 aromatic carbocycles. The Labute approximate surface area is 115 Å². The summed E-state index contributed by atoms with van der Waals surface area (Å²) in [6.07, 6.45) is 3.21. The lowest BCUT2D eigenvalue weighted by molar-refractivity contribution is 0.361. The monoisotopic (exact) mass is 263 g/mol. The molecule has 0 aliphatic carbocycles. The lowest BCUT2D eigenvalue weighted by Crippen LogP contribution is -2.30. The molecule has 0 amide bonds. The summed E-state index contributed by atoms with van der Waals surface area (Å²) in [4.78, 5) is 0. The van der Waals surface area contributed by atoms with Gasteiger partial charge < -0.3 is 15.5 Å². The minimum atomic E-state index is -0.0231. The lowest BCUT2D eigenvalue weighted by atomic mass is 9.83. The van der Waals surface area contributed by atoms with Gasteiger partial charge in [0.25, 0.3) is 0 Å². The van der Waals surface area contributed by atoms with Gasteiger partial charge in [0.1, 0.15) is 0 Å². The van der Waals surface area contributed by atoms with Gasteiger partial charge in [0, 0.05) is 0 Å². The zero-order chi connectivity index (χ0) is 14.0. The highest BCUT2D eigenvalue weighted by Gasteiger charge is 2.21. The highest BCUT2D eigenvalue weighted by molar-refractivity contribution is 5.49. The van der Waals surface area contributed by atoms with Crippen LogP contribution in [0.1, 0.15) is 44.7 Å². The summed E-state index contributed by atoms with van der Waals surface area (Å²) in [6, 6.07) is 3.72. The number of phenols is 2. The van der Waals surface area contributed by atoms with Gasteiger partial charge in [-0.15, -0.1) is 0 Å². The molecule has 19 heavy (non-hydrogen) atoms. The Bertz CT molecular complexity index is 443. The molecule has 1 aliphatic heterocycles. The number of nitrogens with one attached hydrogen (secondary N) is 1. The largest absolute Gasteiger partial charge is 0.504 e. The molecule has 2 rings (SSSR count). The van der Waals surface area contributed by atoms with Crippen molar-refractivity contribution in [2.24, 2.45) is 5.92 Å². The summed E-state index contributed by atoms with van der Waals surface area (Å²) in [7, 11) is 0. The normalized spacial score (nSPS) is 20.5. The Morgan fingerprint density at radius 2 is 2.00 bits per heavy atom. The van der Waals surface area contributed by atoms with E-state index < -0.39 is 0 Å². The maximum Gasteiger partial charge on any atom is 0.160 e. The molecule has 0 radical (unpaired) electrons. The fourth-order valence-corrected chi connectivity index (χ4v) is 2.68. The van der Waals surface area contributed by atoms with Crippen LogP contribution in [-0.4, -0.2) is 23.3 Å². The minimum absolute atomic E-state index is 0.00573. The Balaban J connectivity index is 2.25. The number of aromatic hydroxyl groups is 2. The molecule has 3 nitrogen and oxygen atoms in total. The summed E-state index contributed by atoms with van der Waals surface area (Å²) in [5.41, 5.74) is 1.92. The van der Waals surface area contributed by atoms with Crippen molar-refractivity contribution in [2.75, 3.05) is 13.1 Å². The van der Waals surface area contributed by atoms with E-state index in [1.807, 2.05) is 6.07 Å². The van der Waals surface area contributed by atoms with Gasteiger partial charge in [-0.05, 0) is 60.9 Å². The summed E-state index contributed by atoms with van der Waals surface area (Å²) in [5, 5.41) is 23.3. The predicted octanol–water partition coefficient (Wildman–Crippen LogP) is 2.94. The first-order valence-electron chi connectivity index (χ1n) is 7.14. The molecular formula is C16H25NO2. The number of phenolic OH excluding ortho intramolecular Hbond substituents is 2. The van der Waals surface area contributed by atoms with Crippen molar-refractivity contribution in [3.8, 4) is 11.5 Å². The molecule has 0 spiro atoms. The molecule has 1 aliphatic rings. The van der Waals surface area contributed by atoms with E-state index >= 15 is 0 Å². The van der Waals surface area contributed by atoms with Gasteiger partial charge in [0.2, 0.25) is 0 Å². The molecule has 1 heterocycles. The molecule has 1 aromatic rings. The van der Waals surface area contributed by atoms with Crippen LogP contribution in [0.4, 0.5) is 0 Å². The van der Waals surface area contributed by atoms with Gasteiger partial charge in [0.15, 0.2) is 11.5 Å². The second-order valence-electron chi connectivity index (χ2n) is 6.67. The number of hydrogen-bond acceptors (Lipinski definition) is 3. The van der Waals surface area contributed by atoms with Crippen molar-refractivity contribution >= 4 is 0 Å². The van der Waals surface area contributed by atoms with Crippen LogP contribution in [0.2, 0.25) is 0 Å². The third-order valence-electron chi connectivity index (χ3n) is 3.94. The SMILES string of the molecule is CC(C)(C)c1cc(O)c(O)c(CC2CCCNC2)c1. The van der Waals surface area contributed by atoms with E-state index in [1.54, 1.807) is 6.07 Å². The summed E-state index contributed by atoms with van der Waals surface area (Å²) in [5.74, 6) is 0.610. The smallest absolute Gasteiger partial charge is 0.160 e. The van der Waals surface area contributed by atoms with Gasteiger partial charge in [-0.3, -0.25) is 0 Å². The quantitative estimate of drug-likeness (QED) is 0.719. The minimum Gasteiger partial charge on any atom is -0.504 e. The Hall–Kier alpha value is -1.22. The standard InChI is InChI=1S/C16H25NO2/c1-16(2,3)13-8-12(15(19)14(18)9-13)7-11-5-4-6-17-10-11/h8-9,11,17-19H,4-7,10H2,1-3H3. The molecule has 1 atom stereocenters. The first kappa shape index (κ1) is 14.2. The molecule has 1 unspecified atom stereocenters. The van der Waals surface area contributed by atoms with Crippen molar-refractivity contribution in [3.05, 3.63) is 23.3 Å². The van der Waals surface area contributed by atoms with Crippen LogP contribution in [0.5, 0.6) is 11.5 Å². The average Bonchev–Trinajstić information content (AvgIpc) is 2.34. The van der Waals surface area contributed by atoms with E-state index in [2.05, 4.69) is 26.1 Å². The van der Waals surface area contributed by atoms with Crippen molar-refractivity contribution in [1.29, 1.82) is 0 Å². The Morgan fingerprint density at radius 3 is 2.58 bits per heavy atom. The maximum atomic E-state index is 10.0. The summed E-state index contributed by atoms with van der Waals surface area (Å²) < 4.78 is 0. The fraction of sp³-hybridized carbons (Fsp3) is 0.625. The van der Waals surface area contributed by atoms with Crippen molar-refractivity contribution in [1.82, 2.24) is 5.32 Å². The molecule has 1 fully saturated rings. The third kappa shape index (κ3) is 3.41. The van der Waals surface area contributed by atoms with Crippen LogP contribution in [0.25, 0.3) is 0 Å². The molecule has 0 bridgehead atoms. The van der Waals surface area contributed by atoms with Crippen molar-refractivity contribution < 1.29 is 10.2 Å². The van der Waals surface area contributed by atoms with Crippen molar-refractivity contribution in [3.63, 3.8) is 0 Å². The van der Waals surface area contributed by atoms with E-state index in [4.69, 9.17) is 0 Å². The Kier molecular flexibility index (Phi) is 4.04. The molecule has 3 N–H and O–H groups in total. The topological polar surface area (TPSA) is 52.5 Å². The second-order valence-corrected chi connectivity index (χ2v) is 6.67. The molecule has 0 saturated carbocycles. The number of hydrogen-bond donors (Lipinski definition) is 3. The molecule has 0 aromatic heterocycles. The number of rotatable bonds is 2. The van der Waals surface area contributed by atoms with Gasteiger partial charge in [-0.1, -0.05) is 26.8 Å². The van der Waals surface area contributed by atoms with Crippen LogP contribution >= 0.6 is 0 Å². The van der Waals surface area contributed by atoms with Gasteiger partial charge in [-0.25, -0.2) is 0 Å². The summed E-state index contributed by atoms with van der Waals surface area (Å²) >= 11 is 0. The van der Waals surface area contributed by atoms with Gasteiger partial charge in [-0.2, -0.15) is 0 Å². The van der Waals surface area contributed by atoms with Gasteiger partial charge >= 0.3 is 0 Å². The second kappa shape index (κ2) is 5.41. The van der Waals surface area contributed by atoms with Crippen LogP contribution in [-0.2, 0) is 11.8 Å². The highest BCUT2D eigenvalue weighted by Crippen LogP contribution is 2.36. The maximum absolute atomic E-state index is 10.0. The Morgan fingerprint density at radius 1 is 1.26 bits per heavy atom. The molecule has 3 heteroatoms. The molecular weight excluding hydrogens is 238 g/mol. The van der Waals surface area contributed by atoms with E-state index in [0.29, 0.717) is 5.92 Å². The number of piperidine rings is 1. The molecule has 106 valence electrons. The predicted molar refractivity (Wildman–Crippen MR) is 77.8 cm³/mol. The zero-order valence-corrected chi connectivity index (χ0v) is 12.2. The van der Waals surface area contributed by atoms with Gasteiger partial charge in [0.05, 0.1) is 0 Å². The lowest BCUT2D eigenvalue weighted by Gasteiger charge is -2.25. The third-order valence-corrected chi connectivity index (χ3v) is 3.94. The van der Waals surface area contributed by atoms with E-state index in [0.717, 1.165) is 30.6 Å². The van der Waals surface area contributed by atoms with E-state index in [1.165, 1.54) is 12.8 Å². The molecule has 1 saturated heterocycles. The van der Waals surface area contributed by atoms with Crippen LogP contribution < -0.4 is 5.32 Å². The zero-order valence-electron chi connectivity index (χ0n) is 12.2. The van der Waals surface area contributed by atoms with Crippen molar-refractivity contribution in [2.45, 2.75) is 45.4 Å². The van der Waals surface area contributed by atoms with E-state index in [9.17, 15) is 10.2 Å². The van der Waals surface area contributed by atoms with E-state index in [-0.39, 0.29) is 16.9 Å². The van der Waals surface area contributed by atoms with Crippen LogP contribution in [0.3, 0.4) is 0 Å². The number of benzene rings is 1.